The molecule has 0 aromatic rings. The van der Waals surface area contributed by atoms with Crippen LogP contribution in [0.2, 0.25) is 0 Å². The van der Waals surface area contributed by atoms with Crippen LogP contribution in [0.25, 0.3) is 0 Å². The third-order valence-corrected chi connectivity index (χ3v) is 2.13. The standard InChI is InChI=1S/C10H15F3N2O4/c1-5(2)7(15-9(19)10(11,12)13)8(18)14-4-3-6(16)17/h5,7H,3-4H2,1-2H3,(H,14,18)(H,15,19)(H,16,17). The summed E-state index contributed by atoms with van der Waals surface area (Å²) in [6, 6.07) is -1.37. The lowest BCUT2D eigenvalue weighted by Crippen LogP contribution is -2.53. The summed E-state index contributed by atoms with van der Waals surface area (Å²) in [5.74, 6) is -4.79. The van der Waals surface area contributed by atoms with E-state index in [1.165, 1.54) is 13.8 Å². The molecule has 0 aliphatic carbocycles. The molecule has 19 heavy (non-hydrogen) atoms. The third-order valence-electron chi connectivity index (χ3n) is 2.13. The van der Waals surface area contributed by atoms with Crippen LogP contribution in [0.15, 0.2) is 0 Å². The van der Waals surface area contributed by atoms with Gasteiger partial charge in [-0.25, -0.2) is 0 Å². The molecule has 0 saturated carbocycles. The number of carbonyl (C=O) groups is 3. The van der Waals surface area contributed by atoms with Gasteiger partial charge in [0.2, 0.25) is 5.91 Å². The second-order valence-corrected chi connectivity index (χ2v) is 4.13. The first-order chi connectivity index (χ1) is 8.55. The van der Waals surface area contributed by atoms with Gasteiger partial charge in [-0.15, -0.1) is 0 Å². The van der Waals surface area contributed by atoms with E-state index in [2.05, 4.69) is 5.32 Å². The van der Waals surface area contributed by atoms with E-state index in [1.807, 2.05) is 0 Å². The predicted octanol–water partition coefficient (Wildman–Crippen LogP) is 0.280. The number of aliphatic carboxylic acids is 1. The van der Waals surface area contributed by atoms with Crippen molar-refractivity contribution in [3.8, 4) is 0 Å². The summed E-state index contributed by atoms with van der Waals surface area (Å²) in [6.07, 6.45) is -5.43. The van der Waals surface area contributed by atoms with E-state index >= 15 is 0 Å². The van der Waals surface area contributed by atoms with Crippen LogP contribution in [0.1, 0.15) is 20.3 Å². The van der Waals surface area contributed by atoms with Gasteiger partial charge in [0.05, 0.1) is 6.42 Å². The van der Waals surface area contributed by atoms with Crippen molar-refractivity contribution in [2.45, 2.75) is 32.5 Å². The summed E-state index contributed by atoms with van der Waals surface area (Å²) < 4.78 is 36.2. The molecule has 0 rings (SSSR count). The van der Waals surface area contributed by atoms with E-state index in [-0.39, 0.29) is 13.0 Å². The van der Waals surface area contributed by atoms with E-state index in [0.29, 0.717) is 0 Å². The topological polar surface area (TPSA) is 95.5 Å². The van der Waals surface area contributed by atoms with Crippen molar-refractivity contribution in [2.24, 2.45) is 5.92 Å². The highest BCUT2D eigenvalue weighted by molar-refractivity contribution is 5.90. The van der Waals surface area contributed by atoms with Crippen LogP contribution in [-0.2, 0) is 14.4 Å². The van der Waals surface area contributed by atoms with Gasteiger partial charge < -0.3 is 15.7 Å². The summed E-state index contributed by atoms with van der Waals surface area (Å²) >= 11 is 0. The normalized spacial score (nSPS) is 12.9. The molecule has 6 nitrogen and oxygen atoms in total. The molecule has 0 aliphatic rings. The van der Waals surface area contributed by atoms with Crippen molar-refractivity contribution in [2.75, 3.05) is 6.54 Å². The van der Waals surface area contributed by atoms with Crippen LogP contribution in [0.3, 0.4) is 0 Å². The molecule has 0 radical (unpaired) electrons. The van der Waals surface area contributed by atoms with E-state index in [0.717, 1.165) is 0 Å². The van der Waals surface area contributed by atoms with Crippen molar-refractivity contribution in [1.82, 2.24) is 10.6 Å². The van der Waals surface area contributed by atoms with Gasteiger partial charge in [0.15, 0.2) is 0 Å². The van der Waals surface area contributed by atoms with Crippen LogP contribution in [0.5, 0.6) is 0 Å². The van der Waals surface area contributed by atoms with Crippen LogP contribution < -0.4 is 10.6 Å². The van der Waals surface area contributed by atoms with Crippen LogP contribution >= 0.6 is 0 Å². The Bertz CT molecular complexity index is 355. The van der Waals surface area contributed by atoms with Crippen molar-refractivity contribution in [1.29, 1.82) is 0 Å². The highest BCUT2D eigenvalue weighted by Crippen LogP contribution is 2.15. The van der Waals surface area contributed by atoms with Gasteiger partial charge >= 0.3 is 18.1 Å². The number of alkyl halides is 3. The SMILES string of the molecule is CC(C)C(NC(=O)C(F)(F)F)C(=O)NCCC(=O)O. The average Bonchev–Trinajstić information content (AvgIpc) is 2.22. The maximum absolute atomic E-state index is 12.1. The molecule has 1 atom stereocenters. The maximum Gasteiger partial charge on any atom is 0.471 e. The molecule has 0 saturated heterocycles. The van der Waals surface area contributed by atoms with E-state index in [1.54, 1.807) is 5.32 Å². The highest BCUT2D eigenvalue weighted by atomic mass is 19.4. The highest BCUT2D eigenvalue weighted by Gasteiger charge is 2.41. The first-order valence-electron chi connectivity index (χ1n) is 5.43. The zero-order valence-corrected chi connectivity index (χ0v) is 10.4. The number of carboxylic acids is 1. The average molecular weight is 284 g/mol. The summed E-state index contributed by atoms with van der Waals surface area (Å²) in [5, 5.41) is 12.1. The first kappa shape index (κ1) is 17.2. The van der Waals surface area contributed by atoms with Crippen molar-refractivity contribution in [3.05, 3.63) is 0 Å². The second-order valence-electron chi connectivity index (χ2n) is 4.13. The van der Waals surface area contributed by atoms with Crippen LogP contribution in [0, 0.1) is 5.92 Å². The molecule has 0 fully saturated rings. The number of carbonyl (C=O) groups excluding carboxylic acids is 2. The largest absolute Gasteiger partial charge is 0.481 e. The quantitative estimate of drug-likeness (QED) is 0.653. The number of amides is 2. The summed E-state index contributed by atoms with van der Waals surface area (Å²) in [5.41, 5.74) is 0. The molecule has 0 spiro atoms. The van der Waals surface area contributed by atoms with E-state index in [9.17, 15) is 27.6 Å². The fourth-order valence-electron chi connectivity index (χ4n) is 1.16. The number of hydrogen-bond acceptors (Lipinski definition) is 3. The Morgan fingerprint density at radius 2 is 1.74 bits per heavy atom. The maximum atomic E-state index is 12.1. The molecule has 0 aromatic heterocycles. The van der Waals surface area contributed by atoms with Crippen molar-refractivity contribution < 1.29 is 32.7 Å². The van der Waals surface area contributed by atoms with Gasteiger partial charge in [0.25, 0.3) is 0 Å². The van der Waals surface area contributed by atoms with Gasteiger partial charge in [0.1, 0.15) is 6.04 Å². The Hall–Kier alpha value is -1.80. The zero-order chi connectivity index (χ0) is 15.2. The minimum atomic E-state index is -5.07. The molecule has 0 aliphatic heterocycles. The molecule has 2 amide bonds. The Balaban J connectivity index is 4.52. The first-order valence-corrected chi connectivity index (χ1v) is 5.43. The predicted molar refractivity (Wildman–Crippen MR) is 58.1 cm³/mol. The number of nitrogens with one attached hydrogen (secondary N) is 2. The molecule has 110 valence electrons. The van der Waals surface area contributed by atoms with Crippen molar-refractivity contribution in [3.63, 3.8) is 0 Å². The van der Waals surface area contributed by atoms with Crippen molar-refractivity contribution >= 4 is 17.8 Å². The van der Waals surface area contributed by atoms with Gasteiger partial charge in [-0.3, -0.25) is 14.4 Å². The molecular formula is C10H15F3N2O4. The number of carboxylic acid groups (broad SMARTS) is 1. The van der Waals surface area contributed by atoms with E-state index < -0.39 is 35.9 Å². The van der Waals surface area contributed by atoms with Gasteiger partial charge in [-0.05, 0) is 5.92 Å². The summed E-state index contributed by atoms with van der Waals surface area (Å²) in [7, 11) is 0. The van der Waals surface area contributed by atoms with Crippen LogP contribution in [-0.4, -0.2) is 41.7 Å². The minimum Gasteiger partial charge on any atom is -0.481 e. The fraction of sp³-hybridized carbons (Fsp3) is 0.700. The van der Waals surface area contributed by atoms with E-state index in [4.69, 9.17) is 5.11 Å². The molecule has 3 N–H and O–H groups in total. The van der Waals surface area contributed by atoms with Gasteiger partial charge in [-0.2, -0.15) is 13.2 Å². The van der Waals surface area contributed by atoms with Crippen LogP contribution in [0.4, 0.5) is 13.2 Å². The summed E-state index contributed by atoms with van der Waals surface area (Å²) in [6.45, 7) is 2.69. The number of hydrogen-bond donors (Lipinski definition) is 3. The smallest absolute Gasteiger partial charge is 0.471 e. The summed E-state index contributed by atoms with van der Waals surface area (Å²) in [4.78, 5) is 32.5. The molecular weight excluding hydrogens is 269 g/mol. The minimum absolute atomic E-state index is 0.223. The monoisotopic (exact) mass is 284 g/mol. The lowest BCUT2D eigenvalue weighted by atomic mass is 10.0. The Morgan fingerprint density at radius 1 is 1.21 bits per heavy atom. The zero-order valence-electron chi connectivity index (χ0n) is 10.4. The lowest BCUT2D eigenvalue weighted by Gasteiger charge is -2.22. The molecule has 0 bridgehead atoms. The molecule has 0 heterocycles. The Labute approximate surface area is 107 Å². The number of halogens is 3. The molecule has 0 aromatic carbocycles. The molecule has 9 heteroatoms. The Morgan fingerprint density at radius 3 is 2.11 bits per heavy atom. The lowest BCUT2D eigenvalue weighted by molar-refractivity contribution is -0.175. The van der Waals surface area contributed by atoms with Gasteiger partial charge in [-0.1, -0.05) is 13.8 Å². The molecule has 1 unspecified atom stereocenters. The second kappa shape index (κ2) is 6.95. The fourth-order valence-corrected chi connectivity index (χ4v) is 1.16. The van der Waals surface area contributed by atoms with Gasteiger partial charge in [0, 0.05) is 6.54 Å². The third kappa shape index (κ3) is 6.63. The number of rotatable bonds is 6. The Kier molecular flexibility index (Phi) is 6.30.